The number of aliphatic hydroxyl groups is 2. The van der Waals surface area contributed by atoms with E-state index in [9.17, 15) is 19.8 Å². The van der Waals surface area contributed by atoms with E-state index >= 15 is 0 Å². The minimum atomic E-state index is -0.841. The van der Waals surface area contributed by atoms with Crippen molar-refractivity contribution in [3.63, 3.8) is 0 Å². The molecule has 0 rings (SSSR count). The van der Waals surface area contributed by atoms with E-state index in [-0.39, 0.29) is 18.5 Å². The van der Waals surface area contributed by atoms with E-state index in [1.165, 1.54) is 360 Å². The van der Waals surface area contributed by atoms with E-state index in [1.807, 2.05) is 6.08 Å². The molecule has 0 saturated carbocycles. The van der Waals surface area contributed by atoms with Gasteiger partial charge in [-0.25, -0.2) is 0 Å². The number of esters is 1. The molecular formula is C79H151NO5. The van der Waals surface area contributed by atoms with Crippen LogP contribution in [0, 0.1) is 0 Å². The molecule has 2 atom stereocenters. The highest BCUT2D eigenvalue weighted by Crippen LogP contribution is 2.19. The van der Waals surface area contributed by atoms with Crippen molar-refractivity contribution in [3.8, 4) is 0 Å². The van der Waals surface area contributed by atoms with E-state index in [0.29, 0.717) is 19.4 Å². The van der Waals surface area contributed by atoms with E-state index in [2.05, 4.69) is 43.5 Å². The lowest BCUT2D eigenvalue weighted by Crippen LogP contribution is -2.45. The predicted octanol–water partition coefficient (Wildman–Crippen LogP) is 25.4. The molecule has 3 N–H and O–H groups in total. The van der Waals surface area contributed by atoms with Crippen LogP contribution in [0.15, 0.2) is 36.5 Å². The van der Waals surface area contributed by atoms with Gasteiger partial charge in [-0.2, -0.15) is 0 Å². The highest BCUT2D eigenvalue weighted by atomic mass is 16.5. The summed E-state index contributed by atoms with van der Waals surface area (Å²) in [5, 5.41) is 23.1. The van der Waals surface area contributed by atoms with E-state index in [4.69, 9.17) is 4.74 Å². The number of hydrogen-bond acceptors (Lipinski definition) is 5. The van der Waals surface area contributed by atoms with Gasteiger partial charge in [0.05, 0.1) is 25.4 Å². The topological polar surface area (TPSA) is 95.9 Å². The summed E-state index contributed by atoms with van der Waals surface area (Å²) in [5.41, 5.74) is 0. The van der Waals surface area contributed by atoms with E-state index in [0.717, 1.165) is 44.9 Å². The predicted molar refractivity (Wildman–Crippen MR) is 375 cm³/mol. The van der Waals surface area contributed by atoms with Crippen LogP contribution in [-0.2, 0) is 14.3 Å². The van der Waals surface area contributed by atoms with Gasteiger partial charge in [-0.15, -0.1) is 0 Å². The van der Waals surface area contributed by atoms with Crippen molar-refractivity contribution in [1.82, 2.24) is 5.32 Å². The SMILES string of the molecule is CCCCCCCCCCCCC/C=C/C(O)C(CO)NC(=O)CCCCCCCCCCCCCCCCCCC/C=C\C/C=C\CCCCCCCCCCCCCCCCCOC(=O)CCCCCCCCCCCCCCCCCC. The lowest BCUT2D eigenvalue weighted by atomic mass is 10.0. The fraction of sp³-hybridized carbons (Fsp3) is 0.899. The Kier molecular flexibility index (Phi) is 72.9. The molecule has 0 aliphatic heterocycles. The van der Waals surface area contributed by atoms with E-state index < -0.39 is 12.1 Å². The van der Waals surface area contributed by atoms with Crippen LogP contribution in [-0.4, -0.2) is 47.4 Å². The first kappa shape index (κ1) is 83.1. The minimum absolute atomic E-state index is 0.0242. The molecule has 0 aromatic rings. The van der Waals surface area contributed by atoms with Crippen molar-refractivity contribution in [2.75, 3.05) is 13.2 Å². The van der Waals surface area contributed by atoms with Gasteiger partial charge in [0, 0.05) is 12.8 Å². The zero-order valence-electron chi connectivity index (χ0n) is 57.6. The largest absolute Gasteiger partial charge is 0.466 e. The Bertz CT molecular complexity index is 1380. The number of aliphatic hydroxyl groups excluding tert-OH is 2. The number of hydrogen-bond donors (Lipinski definition) is 3. The summed E-state index contributed by atoms with van der Waals surface area (Å²) >= 11 is 0. The first-order valence-corrected chi connectivity index (χ1v) is 38.8. The van der Waals surface area contributed by atoms with Gasteiger partial charge in [0.2, 0.25) is 5.91 Å². The van der Waals surface area contributed by atoms with Crippen LogP contribution in [0.25, 0.3) is 0 Å². The molecule has 0 bridgehead atoms. The molecule has 0 spiro atoms. The van der Waals surface area contributed by atoms with Crippen LogP contribution < -0.4 is 5.32 Å². The third-order valence-corrected chi connectivity index (χ3v) is 18.2. The van der Waals surface area contributed by atoms with E-state index in [1.54, 1.807) is 6.08 Å². The van der Waals surface area contributed by atoms with Gasteiger partial charge in [-0.1, -0.05) is 391 Å². The third-order valence-electron chi connectivity index (χ3n) is 18.2. The van der Waals surface area contributed by atoms with Gasteiger partial charge in [-0.05, 0) is 64.2 Å². The Labute approximate surface area is 532 Å². The van der Waals surface area contributed by atoms with Gasteiger partial charge in [-0.3, -0.25) is 9.59 Å². The smallest absolute Gasteiger partial charge is 0.305 e. The molecule has 0 aliphatic rings. The number of amides is 1. The van der Waals surface area contributed by atoms with Crippen molar-refractivity contribution < 1.29 is 24.5 Å². The van der Waals surface area contributed by atoms with Crippen LogP contribution in [0.4, 0.5) is 0 Å². The minimum Gasteiger partial charge on any atom is -0.466 e. The fourth-order valence-corrected chi connectivity index (χ4v) is 12.3. The van der Waals surface area contributed by atoms with Crippen molar-refractivity contribution in [3.05, 3.63) is 36.5 Å². The Hall–Kier alpha value is -1.92. The van der Waals surface area contributed by atoms with Crippen LogP contribution in [0.2, 0.25) is 0 Å². The maximum Gasteiger partial charge on any atom is 0.305 e. The molecule has 0 aromatic carbocycles. The van der Waals surface area contributed by atoms with Crippen molar-refractivity contribution in [2.24, 2.45) is 0 Å². The quantitative estimate of drug-likeness (QED) is 0.0320. The Morgan fingerprint density at radius 1 is 0.329 bits per heavy atom. The summed E-state index contributed by atoms with van der Waals surface area (Å²) < 4.78 is 5.51. The van der Waals surface area contributed by atoms with Gasteiger partial charge >= 0.3 is 5.97 Å². The molecule has 502 valence electrons. The number of rotatable bonds is 73. The number of unbranched alkanes of at least 4 members (excludes halogenated alkanes) is 58. The monoisotopic (exact) mass is 1190 g/mol. The highest BCUT2D eigenvalue weighted by Gasteiger charge is 2.18. The molecule has 0 aliphatic carbocycles. The maximum atomic E-state index is 12.5. The molecule has 0 fully saturated rings. The lowest BCUT2D eigenvalue weighted by Gasteiger charge is -2.20. The summed E-state index contributed by atoms with van der Waals surface area (Å²) in [6, 6.07) is -0.625. The molecule has 2 unspecified atom stereocenters. The number of allylic oxidation sites excluding steroid dienone is 5. The van der Waals surface area contributed by atoms with Gasteiger partial charge < -0.3 is 20.3 Å². The first-order chi connectivity index (χ1) is 42.0. The maximum absolute atomic E-state index is 12.5. The van der Waals surface area contributed by atoms with Gasteiger partial charge in [0.1, 0.15) is 0 Å². The average molecular weight is 1200 g/mol. The Morgan fingerprint density at radius 3 is 0.894 bits per heavy atom. The molecular weight excluding hydrogens is 1040 g/mol. The Balaban J connectivity index is 3.34. The summed E-state index contributed by atoms with van der Waals surface area (Å²) in [6.45, 7) is 4.94. The molecule has 0 heterocycles. The third kappa shape index (κ3) is 71.0. The summed E-state index contributed by atoms with van der Waals surface area (Å²) in [6.07, 6.45) is 97.0. The second kappa shape index (κ2) is 74.5. The molecule has 1 amide bonds. The Morgan fingerprint density at radius 2 is 0.588 bits per heavy atom. The summed E-state index contributed by atoms with van der Waals surface area (Å²) in [4.78, 5) is 24.6. The van der Waals surface area contributed by atoms with Crippen molar-refractivity contribution in [1.29, 1.82) is 0 Å². The molecule has 6 heteroatoms. The van der Waals surface area contributed by atoms with Crippen LogP contribution >= 0.6 is 0 Å². The number of nitrogens with one attached hydrogen (secondary N) is 1. The standard InChI is InChI=1S/C79H151NO5/c1-3-5-7-9-11-13-15-17-18-45-49-53-57-61-65-69-73-79(84)85-74-70-66-62-58-54-50-46-43-41-39-37-35-33-31-29-27-25-23-21-19-20-22-24-26-28-30-32-34-36-38-40-42-44-48-52-56-60-64-68-72-78(83)80-76(75-81)77(82)71-67-63-59-55-51-47-16-14-12-10-8-6-4-2/h19-20,23,25,67,71,76-77,81-82H,3-18,21-22,24,26-66,68-70,72-75H2,1-2H3,(H,80,83)/b20-19-,25-23-,71-67+. The normalized spacial score (nSPS) is 12.7. The van der Waals surface area contributed by atoms with Gasteiger partial charge in [0.15, 0.2) is 0 Å². The second-order valence-electron chi connectivity index (χ2n) is 26.7. The fourth-order valence-electron chi connectivity index (χ4n) is 12.3. The zero-order chi connectivity index (χ0) is 61.3. The van der Waals surface area contributed by atoms with Crippen molar-refractivity contribution in [2.45, 2.75) is 443 Å². The molecule has 85 heavy (non-hydrogen) atoms. The molecule has 0 radical (unpaired) electrons. The van der Waals surface area contributed by atoms with Crippen LogP contribution in [0.3, 0.4) is 0 Å². The summed E-state index contributed by atoms with van der Waals surface area (Å²) in [5.74, 6) is -0.0390. The van der Waals surface area contributed by atoms with Crippen LogP contribution in [0.1, 0.15) is 431 Å². The van der Waals surface area contributed by atoms with Crippen LogP contribution in [0.5, 0.6) is 0 Å². The number of carbonyl (C=O) groups excluding carboxylic acids is 2. The lowest BCUT2D eigenvalue weighted by molar-refractivity contribution is -0.143. The highest BCUT2D eigenvalue weighted by molar-refractivity contribution is 5.76. The molecule has 0 saturated heterocycles. The summed E-state index contributed by atoms with van der Waals surface area (Å²) in [7, 11) is 0. The average Bonchev–Trinajstić information content (AvgIpc) is 3.50. The number of ether oxygens (including phenoxy) is 1. The second-order valence-corrected chi connectivity index (χ2v) is 26.7. The molecule has 0 aromatic heterocycles. The molecule has 6 nitrogen and oxygen atoms in total. The van der Waals surface area contributed by atoms with Gasteiger partial charge in [0.25, 0.3) is 0 Å². The van der Waals surface area contributed by atoms with Crippen molar-refractivity contribution >= 4 is 11.9 Å². The zero-order valence-corrected chi connectivity index (χ0v) is 57.6. The first-order valence-electron chi connectivity index (χ1n) is 38.8. The number of carbonyl (C=O) groups is 2.